The third-order valence-electron chi connectivity index (χ3n) is 5.18. The summed E-state index contributed by atoms with van der Waals surface area (Å²) in [5, 5.41) is 0. The number of thiol groups is 1. The molecule has 0 saturated carbocycles. The van der Waals surface area contributed by atoms with Crippen molar-refractivity contribution in [1.82, 2.24) is 19.9 Å². The second-order valence-electron chi connectivity index (χ2n) is 7.38. The molecule has 0 bridgehead atoms. The second kappa shape index (κ2) is 8.30. The van der Waals surface area contributed by atoms with E-state index < -0.39 is 22.7 Å². The number of hydrogen-bond acceptors (Lipinski definition) is 8. The van der Waals surface area contributed by atoms with Gasteiger partial charge in [-0.05, 0) is 19.8 Å². The number of halogens is 4. The number of pyridine rings is 1. The van der Waals surface area contributed by atoms with Crippen molar-refractivity contribution < 1.29 is 31.8 Å². The van der Waals surface area contributed by atoms with E-state index in [1.165, 1.54) is 6.07 Å². The van der Waals surface area contributed by atoms with Crippen molar-refractivity contribution in [3.8, 4) is 17.4 Å². The molecular formula is C19H20F4N4O3S. The molecule has 1 atom stereocenters. The Labute approximate surface area is 181 Å². The van der Waals surface area contributed by atoms with E-state index >= 15 is 0 Å². The van der Waals surface area contributed by atoms with Gasteiger partial charge >= 0.3 is 6.18 Å². The lowest BCUT2D eigenvalue weighted by atomic mass is 10.0. The van der Waals surface area contributed by atoms with Gasteiger partial charge in [0, 0.05) is 19.2 Å². The van der Waals surface area contributed by atoms with Crippen LogP contribution in [-0.2, 0) is 11.0 Å². The zero-order valence-corrected chi connectivity index (χ0v) is 17.4. The summed E-state index contributed by atoms with van der Waals surface area (Å²) < 4.78 is 69.0. The topological polar surface area (TPSA) is 69.6 Å². The highest BCUT2D eigenvalue weighted by Crippen LogP contribution is 2.39. The number of rotatable bonds is 4. The lowest BCUT2D eigenvalue weighted by Crippen LogP contribution is -2.47. The van der Waals surface area contributed by atoms with E-state index in [1.54, 1.807) is 6.92 Å². The summed E-state index contributed by atoms with van der Waals surface area (Å²) >= 11 is 4.68. The minimum absolute atomic E-state index is 0.135. The highest BCUT2D eigenvalue weighted by Gasteiger charge is 2.38. The van der Waals surface area contributed by atoms with Crippen molar-refractivity contribution in [3.63, 3.8) is 0 Å². The zero-order valence-electron chi connectivity index (χ0n) is 16.5. The van der Waals surface area contributed by atoms with Crippen LogP contribution in [0.4, 0.5) is 17.6 Å². The lowest BCUT2D eigenvalue weighted by molar-refractivity contribution is -0.145. The molecule has 0 spiro atoms. The maximum absolute atomic E-state index is 14.7. The molecule has 31 heavy (non-hydrogen) atoms. The third-order valence-corrected chi connectivity index (χ3v) is 5.67. The van der Waals surface area contributed by atoms with Crippen molar-refractivity contribution >= 4 is 12.6 Å². The molecule has 7 nitrogen and oxygen atoms in total. The first-order valence-corrected chi connectivity index (χ1v) is 10.1. The molecule has 2 aliphatic rings. The molecule has 1 saturated heterocycles. The van der Waals surface area contributed by atoms with Gasteiger partial charge < -0.3 is 14.2 Å². The predicted molar refractivity (Wildman–Crippen MR) is 104 cm³/mol. The summed E-state index contributed by atoms with van der Waals surface area (Å²) in [6, 6.07) is 1.26. The van der Waals surface area contributed by atoms with Crippen LogP contribution < -0.4 is 14.2 Å². The van der Waals surface area contributed by atoms with Crippen molar-refractivity contribution in [2.75, 3.05) is 26.3 Å². The summed E-state index contributed by atoms with van der Waals surface area (Å²) in [4.78, 5) is 11.8. The maximum atomic E-state index is 14.7. The molecule has 2 aliphatic heterocycles. The van der Waals surface area contributed by atoms with Gasteiger partial charge in [-0.15, -0.1) is 0 Å². The van der Waals surface area contributed by atoms with Crippen molar-refractivity contribution in [2.45, 2.75) is 36.9 Å². The number of fused-ring (bicyclic) bond motifs is 1. The number of likely N-dealkylation sites (tertiary alicyclic amines) is 1. The van der Waals surface area contributed by atoms with Crippen LogP contribution in [0.15, 0.2) is 18.5 Å². The average Bonchev–Trinajstić information content (AvgIpc) is 2.73. The van der Waals surface area contributed by atoms with E-state index in [9.17, 15) is 17.6 Å². The molecule has 0 amide bonds. The fourth-order valence-electron chi connectivity index (χ4n) is 3.56. The standard InChI is InChI=1S/C19H20F4N4O3S/c1-18(31,15-13(20)8-14-16(26-15)29-7-6-28-14)27-4-2-11(3-5-27)30-12-9-24-17(25-10-12)19(21,22)23/h8-11,31H,2-7H2,1H3. The van der Waals surface area contributed by atoms with Crippen LogP contribution in [0.1, 0.15) is 31.3 Å². The number of nitrogens with zero attached hydrogens (tertiary/aromatic N) is 4. The molecule has 4 rings (SSSR count). The Morgan fingerprint density at radius 3 is 2.42 bits per heavy atom. The van der Waals surface area contributed by atoms with Gasteiger partial charge in [-0.25, -0.2) is 19.3 Å². The van der Waals surface area contributed by atoms with Gasteiger partial charge in [0.05, 0.1) is 12.4 Å². The fourth-order valence-corrected chi connectivity index (χ4v) is 3.92. The average molecular weight is 460 g/mol. The third kappa shape index (κ3) is 4.64. The first kappa shape index (κ1) is 21.9. The van der Waals surface area contributed by atoms with E-state index in [0.29, 0.717) is 39.1 Å². The Kier molecular flexibility index (Phi) is 5.86. The summed E-state index contributed by atoms with van der Waals surface area (Å²) in [7, 11) is 0. The smallest absolute Gasteiger partial charge is 0.451 e. The van der Waals surface area contributed by atoms with E-state index in [0.717, 1.165) is 12.4 Å². The van der Waals surface area contributed by atoms with Gasteiger partial charge in [0.1, 0.15) is 29.9 Å². The summed E-state index contributed by atoms with van der Waals surface area (Å²) in [5.41, 5.74) is 0.135. The molecule has 2 aromatic rings. The van der Waals surface area contributed by atoms with Crippen LogP contribution >= 0.6 is 12.6 Å². The highest BCUT2D eigenvalue weighted by molar-refractivity contribution is 7.81. The monoisotopic (exact) mass is 460 g/mol. The number of piperidine rings is 1. The summed E-state index contributed by atoms with van der Waals surface area (Å²) in [6.45, 7) is 3.46. The van der Waals surface area contributed by atoms with Gasteiger partial charge in [0.2, 0.25) is 5.82 Å². The molecule has 168 valence electrons. The number of aromatic nitrogens is 3. The molecule has 1 fully saturated rings. The minimum Gasteiger partial charge on any atom is -0.487 e. The first-order chi connectivity index (χ1) is 14.6. The predicted octanol–water partition coefficient (Wildman–Crippen LogP) is 3.45. The van der Waals surface area contributed by atoms with Crippen molar-refractivity contribution in [3.05, 3.63) is 35.8 Å². The molecule has 0 N–H and O–H groups in total. The largest absolute Gasteiger partial charge is 0.487 e. The molecule has 0 aliphatic carbocycles. The van der Waals surface area contributed by atoms with Crippen LogP contribution in [-0.4, -0.2) is 52.3 Å². The van der Waals surface area contributed by atoms with Gasteiger partial charge in [-0.1, -0.05) is 0 Å². The highest BCUT2D eigenvalue weighted by atomic mass is 32.1. The number of hydrogen-bond donors (Lipinski definition) is 1. The maximum Gasteiger partial charge on any atom is 0.451 e. The molecule has 0 aromatic carbocycles. The van der Waals surface area contributed by atoms with Gasteiger partial charge in [-0.3, -0.25) is 4.90 Å². The van der Waals surface area contributed by atoms with E-state index in [1.807, 2.05) is 4.90 Å². The second-order valence-corrected chi connectivity index (χ2v) is 8.26. The van der Waals surface area contributed by atoms with E-state index in [4.69, 9.17) is 14.2 Å². The van der Waals surface area contributed by atoms with Crippen molar-refractivity contribution in [2.24, 2.45) is 0 Å². The molecule has 12 heteroatoms. The molecule has 1 unspecified atom stereocenters. The van der Waals surface area contributed by atoms with Crippen LogP contribution in [0.25, 0.3) is 0 Å². The summed E-state index contributed by atoms with van der Waals surface area (Å²) in [5.74, 6) is -1.08. The Bertz CT molecular complexity index is 935. The number of ether oxygens (including phenoxy) is 3. The SMILES string of the molecule is CC(S)(c1nc2c(cc1F)OCCO2)N1CCC(Oc2cnc(C(F)(F)F)nc2)CC1. The van der Waals surface area contributed by atoms with Crippen molar-refractivity contribution in [1.29, 1.82) is 0 Å². The molecule has 0 radical (unpaired) electrons. The van der Waals surface area contributed by atoms with Crippen LogP contribution in [0.2, 0.25) is 0 Å². The van der Waals surface area contributed by atoms with Crippen LogP contribution in [0.3, 0.4) is 0 Å². The summed E-state index contributed by atoms with van der Waals surface area (Å²) in [6.07, 6.45) is -1.69. The van der Waals surface area contributed by atoms with E-state index in [2.05, 4.69) is 27.6 Å². The molecule has 4 heterocycles. The Morgan fingerprint density at radius 2 is 1.77 bits per heavy atom. The minimum atomic E-state index is -4.60. The van der Waals surface area contributed by atoms with Gasteiger partial charge in [0.25, 0.3) is 5.88 Å². The molecular weight excluding hydrogens is 440 g/mol. The normalized spacial score (nSPS) is 19.7. The zero-order chi connectivity index (χ0) is 22.2. The van der Waals surface area contributed by atoms with Crippen LogP contribution in [0, 0.1) is 5.82 Å². The Balaban J connectivity index is 1.40. The quantitative estimate of drug-likeness (QED) is 0.554. The Hall–Kier alpha value is -2.34. The first-order valence-electron chi connectivity index (χ1n) is 9.64. The Morgan fingerprint density at radius 1 is 1.13 bits per heavy atom. The van der Waals surface area contributed by atoms with Gasteiger partial charge in [0.15, 0.2) is 17.3 Å². The lowest BCUT2D eigenvalue weighted by Gasteiger charge is -2.41. The van der Waals surface area contributed by atoms with Gasteiger partial charge in [-0.2, -0.15) is 25.8 Å². The molecule has 2 aromatic heterocycles. The number of alkyl halides is 3. The van der Waals surface area contributed by atoms with Crippen LogP contribution in [0.5, 0.6) is 17.4 Å². The fraction of sp³-hybridized carbons (Fsp3) is 0.526. The van der Waals surface area contributed by atoms with E-state index in [-0.39, 0.29) is 29.2 Å².